The Morgan fingerprint density at radius 1 is 1.00 bits per heavy atom. The van der Waals surface area contributed by atoms with Crippen molar-refractivity contribution in [2.45, 2.75) is 118 Å². The summed E-state index contributed by atoms with van der Waals surface area (Å²) >= 11 is 6.24. The lowest BCUT2D eigenvalue weighted by Crippen LogP contribution is -2.74. The summed E-state index contributed by atoms with van der Waals surface area (Å²) in [5.74, 6) is -0.230. The van der Waals surface area contributed by atoms with Gasteiger partial charge in [-0.05, 0) is 74.1 Å². The maximum atomic E-state index is 14.1. The van der Waals surface area contributed by atoms with Gasteiger partial charge in [-0.15, -0.1) is 0 Å². The van der Waals surface area contributed by atoms with Gasteiger partial charge >= 0.3 is 0 Å². The van der Waals surface area contributed by atoms with Crippen molar-refractivity contribution in [3.8, 4) is 23.1 Å². The van der Waals surface area contributed by atoms with Crippen LogP contribution in [0.2, 0.25) is 5.02 Å². The van der Waals surface area contributed by atoms with Crippen molar-refractivity contribution in [2.24, 2.45) is 16.2 Å². The Bertz CT molecular complexity index is 2420. The van der Waals surface area contributed by atoms with Crippen LogP contribution in [-0.4, -0.2) is 95.3 Å². The topological polar surface area (TPSA) is 208 Å². The fraction of sp³-hybridized carbons (Fsp3) is 0.490. The molecule has 0 bridgehead atoms. The highest BCUT2D eigenvalue weighted by Gasteiger charge is 2.64. The molecule has 16 heteroatoms. The van der Waals surface area contributed by atoms with Crippen LogP contribution in [-0.2, 0) is 19.1 Å². The Hall–Kier alpha value is -5.95. The van der Waals surface area contributed by atoms with Crippen molar-refractivity contribution in [1.82, 2.24) is 25.8 Å². The van der Waals surface area contributed by atoms with Crippen LogP contribution in [0.1, 0.15) is 108 Å². The molecule has 2 fully saturated rings. The number of hydrogen-bond donors (Lipinski definition) is 5. The lowest BCUT2D eigenvalue weighted by atomic mass is 9.49. The van der Waals surface area contributed by atoms with E-state index in [1.165, 1.54) is 11.3 Å². The highest BCUT2D eigenvalue weighted by atomic mass is 35.5. The minimum absolute atomic E-state index is 0.0302. The summed E-state index contributed by atoms with van der Waals surface area (Å²) < 4.78 is 17.5. The number of carbonyl (C=O) groups excluding carboxylic acids is 4. The first-order valence-electron chi connectivity index (χ1n) is 22.8. The number of likely N-dealkylation sites (tertiary alicyclic amines) is 1. The SMILES string of the molecule is Cc1ncoc1-c1ccc([C@H](C)NC(=O)[C@@H]2C[C@@H](O)CN2C(=O)C(NC(=O)COCCCCNc2ccc(C(=O)NC3C(C)(C)C(Oc4ccc(C#N)c(Cl)c4)C3(C)C)cc2)C(C)(C)C)cc1. The van der Waals surface area contributed by atoms with Crippen LogP contribution in [0.5, 0.6) is 5.75 Å². The van der Waals surface area contributed by atoms with Gasteiger partial charge in [0.05, 0.1) is 28.4 Å². The number of anilines is 1. The molecule has 2 aliphatic rings. The first-order chi connectivity index (χ1) is 31.6. The summed E-state index contributed by atoms with van der Waals surface area (Å²) in [6.45, 7) is 18.2. The summed E-state index contributed by atoms with van der Waals surface area (Å²) in [5, 5.41) is 32.6. The first kappa shape index (κ1) is 50.5. The molecule has 1 saturated carbocycles. The van der Waals surface area contributed by atoms with E-state index in [1.54, 1.807) is 30.3 Å². The number of aliphatic hydroxyl groups is 1. The molecule has 0 spiro atoms. The Morgan fingerprint density at radius 3 is 2.30 bits per heavy atom. The van der Waals surface area contributed by atoms with E-state index in [2.05, 4.69) is 60.0 Å². The number of halogens is 1. The summed E-state index contributed by atoms with van der Waals surface area (Å²) in [6, 6.07) is 19.5. The van der Waals surface area contributed by atoms with Crippen LogP contribution < -0.4 is 26.0 Å². The summed E-state index contributed by atoms with van der Waals surface area (Å²) in [7, 11) is 0. The number of oxazole rings is 1. The predicted octanol–water partition coefficient (Wildman–Crippen LogP) is 7.37. The molecule has 67 heavy (non-hydrogen) atoms. The minimum atomic E-state index is -0.971. The number of aliphatic hydroxyl groups excluding tert-OH is 1. The molecule has 4 amide bonds. The number of nitrogens with zero attached hydrogens (tertiary/aromatic N) is 3. The molecule has 358 valence electrons. The maximum absolute atomic E-state index is 14.1. The van der Waals surface area contributed by atoms with Gasteiger partial charge in [0.15, 0.2) is 12.2 Å². The zero-order valence-corrected chi connectivity index (χ0v) is 40.6. The average molecular weight is 939 g/mol. The van der Waals surface area contributed by atoms with E-state index >= 15 is 0 Å². The number of unbranched alkanes of at least 4 members (excludes halogenated alkanes) is 1. The zero-order chi connectivity index (χ0) is 48.8. The molecular weight excluding hydrogens is 874 g/mol. The summed E-state index contributed by atoms with van der Waals surface area (Å²) in [5.41, 5.74) is 2.78. The Labute approximate surface area is 398 Å². The fourth-order valence-corrected chi connectivity index (χ4v) is 9.71. The van der Waals surface area contributed by atoms with Gasteiger partial charge in [0.25, 0.3) is 5.91 Å². The molecule has 4 atom stereocenters. The second kappa shape index (κ2) is 20.9. The average Bonchev–Trinajstić information content (AvgIpc) is 3.90. The van der Waals surface area contributed by atoms with Gasteiger partial charge in [0.2, 0.25) is 17.7 Å². The largest absolute Gasteiger partial charge is 0.489 e. The quantitative estimate of drug-likeness (QED) is 0.0623. The number of amides is 4. The van der Waals surface area contributed by atoms with Gasteiger partial charge in [-0.3, -0.25) is 19.2 Å². The molecule has 1 aromatic heterocycles. The predicted molar refractivity (Wildman–Crippen MR) is 255 cm³/mol. The van der Waals surface area contributed by atoms with Gasteiger partial charge in [-0.2, -0.15) is 5.26 Å². The van der Waals surface area contributed by atoms with E-state index in [0.29, 0.717) is 47.2 Å². The van der Waals surface area contributed by atoms with Gasteiger partial charge in [-0.25, -0.2) is 4.98 Å². The summed E-state index contributed by atoms with van der Waals surface area (Å²) in [6.07, 6.45) is 1.80. The lowest BCUT2D eigenvalue weighted by Gasteiger charge is -2.63. The van der Waals surface area contributed by atoms with Crippen LogP contribution in [0.25, 0.3) is 11.3 Å². The molecule has 2 heterocycles. The van der Waals surface area contributed by atoms with E-state index in [0.717, 1.165) is 28.9 Å². The minimum Gasteiger partial charge on any atom is -0.489 e. The molecule has 4 aromatic rings. The number of ether oxygens (including phenoxy) is 2. The number of hydrogen-bond acceptors (Lipinski definition) is 11. The normalized spacial score (nSPS) is 20.4. The first-order valence-corrected chi connectivity index (χ1v) is 23.2. The number of aryl methyl sites for hydroxylation is 1. The molecule has 1 unspecified atom stereocenters. The second-order valence-electron chi connectivity index (χ2n) is 19.9. The molecule has 0 radical (unpaired) electrons. The number of nitriles is 1. The Balaban J connectivity index is 0.906. The van der Waals surface area contributed by atoms with Crippen LogP contribution in [0, 0.1) is 34.5 Å². The van der Waals surface area contributed by atoms with Crippen molar-refractivity contribution in [2.75, 3.05) is 31.6 Å². The molecule has 1 aliphatic carbocycles. The number of carbonyl (C=O) groups is 4. The highest BCUT2D eigenvalue weighted by molar-refractivity contribution is 6.31. The third kappa shape index (κ3) is 11.8. The number of rotatable bonds is 18. The van der Waals surface area contributed by atoms with Crippen molar-refractivity contribution < 1.29 is 38.2 Å². The van der Waals surface area contributed by atoms with Crippen LogP contribution >= 0.6 is 11.6 Å². The third-order valence-corrected chi connectivity index (χ3v) is 13.2. The van der Waals surface area contributed by atoms with E-state index in [4.69, 9.17) is 25.5 Å². The fourth-order valence-electron chi connectivity index (χ4n) is 9.49. The molecule has 6 rings (SSSR count). The third-order valence-electron chi connectivity index (χ3n) is 12.9. The van der Waals surface area contributed by atoms with E-state index in [9.17, 15) is 29.5 Å². The number of benzene rings is 3. The number of nitrogens with one attached hydrogen (secondary N) is 4. The molecule has 1 aliphatic heterocycles. The molecule has 3 aromatic carbocycles. The van der Waals surface area contributed by atoms with E-state index in [-0.39, 0.29) is 54.5 Å². The molecule has 5 N–H and O–H groups in total. The maximum Gasteiger partial charge on any atom is 0.251 e. The lowest BCUT2D eigenvalue weighted by molar-refractivity contribution is -0.164. The van der Waals surface area contributed by atoms with Gasteiger partial charge in [0.1, 0.15) is 36.6 Å². The van der Waals surface area contributed by atoms with Crippen molar-refractivity contribution in [1.29, 1.82) is 5.26 Å². The van der Waals surface area contributed by atoms with Crippen molar-refractivity contribution in [3.05, 3.63) is 101 Å². The van der Waals surface area contributed by atoms with Gasteiger partial charge in [-0.1, -0.05) is 84.3 Å². The zero-order valence-electron chi connectivity index (χ0n) is 39.9. The highest BCUT2D eigenvalue weighted by Crippen LogP contribution is 2.55. The molecule has 15 nitrogen and oxygen atoms in total. The smallest absolute Gasteiger partial charge is 0.251 e. The van der Waals surface area contributed by atoms with E-state index in [1.807, 2.05) is 71.0 Å². The van der Waals surface area contributed by atoms with Gasteiger partial charge < -0.3 is 45.2 Å². The van der Waals surface area contributed by atoms with E-state index < -0.39 is 41.3 Å². The number of aromatic nitrogens is 1. The standard InChI is InChI=1S/C51H64ClN7O8/c1-30(32-12-14-33(15-13-32)42-31(2)55-29-66-42)56-45(63)40-24-37(60)27-59(40)46(64)43(49(3,4)5)57-41(61)28-65-23-11-10-22-54-36-19-16-34(17-20-36)44(62)58-47-50(6,7)48(51(47,8)9)67-38-21-18-35(26-53)39(52)25-38/h12-21,25,29-30,37,40,43,47-48,54,60H,10-11,22-24,27-28H2,1-9H3,(H,56,63)(H,57,61)(H,58,62)/t30-,37+,40-,43?,47?,48?/m0/s1. The van der Waals surface area contributed by atoms with Crippen molar-refractivity contribution >= 4 is 40.9 Å². The molecule has 1 saturated heterocycles. The monoisotopic (exact) mass is 937 g/mol. The second-order valence-corrected chi connectivity index (χ2v) is 20.4. The van der Waals surface area contributed by atoms with Gasteiger partial charge in [0, 0.05) is 65.9 Å². The summed E-state index contributed by atoms with van der Waals surface area (Å²) in [4.78, 5) is 59.7. The van der Waals surface area contributed by atoms with Crippen LogP contribution in [0.3, 0.4) is 0 Å². The Morgan fingerprint density at radius 2 is 1.69 bits per heavy atom. The van der Waals surface area contributed by atoms with Crippen molar-refractivity contribution in [3.63, 3.8) is 0 Å². The van der Waals surface area contributed by atoms with Crippen LogP contribution in [0.15, 0.2) is 77.5 Å². The Kier molecular flexibility index (Phi) is 15.8. The number of β-amino-alcohol motifs (C(OH)–C–C–N with tert-alkyl or cyclic N) is 1. The van der Waals surface area contributed by atoms with Crippen LogP contribution in [0.4, 0.5) is 5.69 Å². The molecular formula is C51H64ClN7O8.